The summed E-state index contributed by atoms with van der Waals surface area (Å²) in [6.45, 7) is 3.01. The van der Waals surface area contributed by atoms with E-state index in [0.717, 1.165) is 24.1 Å². The quantitative estimate of drug-likeness (QED) is 0.636. The Morgan fingerprint density at radius 2 is 1.83 bits per heavy atom. The third-order valence-electron chi connectivity index (χ3n) is 4.42. The maximum absolute atomic E-state index is 11.3. The van der Waals surface area contributed by atoms with E-state index in [1.165, 1.54) is 35.6 Å². The van der Waals surface area contributed by atoms with Gasteiger partial charge in [0.05, 0.1) is 7.11 Å². The van der Waals surface area contributed by atoms with Crippen LogP contribution in [-0.4, -0.2) is 26.7 Å². The molecule has 0 saturated heterocycles. The van der Waals surface area contributed by atoms with Crippen molar-refractivity contribution in [2.24, 2.45) is 0 Å². The van der Waals surface area contributed by atoms with Gasteiger partial charge in [-0.3, -0.25) is 0 Å². The first-order valence-corrected chi connectivity index (χ1v) is 7.79. The highest BCUT2D eigenvalue weighted by atomic mass is 16.5. The van der Waals surface area contributed by atoms with Crippen molar-refractivity contribution in [1.29, 1.82) is 0 Å². The van der Waals surface area contributed by atoms with Gasteiger partial charge in [0.15, 0.2) is 0 Å². The monoisotopic (exact) mass is 307 g/mol. The molecule has 0 fully saturated rings. The van der Waals surface area contributed by atoms with Gasteiger partial charge in [0.25, 0.3) is 0 Å². The van der Waals surface area contributed by atoms with E-state index in [9.17, 15) is 4.79 Å². The largest absolute Gasteiger partial charge is 0.466 e. The highest BCUT2D eigenvalue weighted by molar-refractivity contribution is 5.91. The first kappa shape index (κ1) is 15.3. The second-order valence-corrected chi connectivity index (χ2v) is 5.94. The van der Waals surface area contributed by atoms with Crippen LogP contribution in [0.5, 0.6) is 0 Å². The first-order chi connectivity index (χ1) is 11.1. The average Bonchev–Trinajstić information content (AvgIpc) is 2.95. The van der Waals surface area contributed by atoms with Crippen LogP contribution in [0.1, 0.15) is 18.1 Å². The third kappa shape index (κ3) is 3.14. The van der Waals surface area contributed by atoms with Crippen LogP contribution in [0.15, 0.2) is 48.5 Å². The summed E-state index contributed by atoms with van der Waals surface area (Å²) in [5.41, 5.74) is 7.11. The number of esters is 1. The zero-order valence-electron chi connectivity index (χ0n) is 13.8. The fraction of sp³-hybridized carbons (Fsp3) is 0.250. The molecule has 0 radical (unpaired) electrons. The summed E-state index contributed by atoms with van der Waals surface area (Å²) in [6, 6.07) is 15.0. The Balaban J connectivity index is 1.86. The van der Waals surface area contributed by atoms with E-state index >= 15 is 0 Å². The molecule has 0 saturated carbocycles. The minimum absolute atomic E-state index is 0.325. The summed E-state index contributed by atoms with van der Waals surface area (Å²) >= 11 is 0. The Morgan fingerprint density at radius 3 is 2.52 bits per heavy atom. The normalized spacial score (nSPS) is 13.9. The second-order valence-electron chi connectivity index (χ2n) is 5.94. The molecule has 0 aromatic heterocycles. The maximum Gasteiger partial charge on any atom is 0.330 e. The van der Waals surface area contributed by atoms with E-state index in [0.29, 0.717) is 0 Å². The van der Waals surface area contributed by atoms with E-state index in [4.69, 9.17) is 0 Å². The van der Waals surface area contributed by atoms with Crippen LogP contribution < -0.4 is 4.90 Å². The number of ether oxygens (including phenoxy) is 1. The Bertz CT molecular complexity index is 760. The predicted octanol–water partition coefficient (Wildman–Crippen LogP) is 3.92. The number of allylic oxidation sites excluding steroid dienone is 1. The number of fused-ring (bicyclic) bond motifs is 1. The number of carbonyl (C=O) groups excluding carboxylic acids is 1. The van der Waals surface area contributed by atoms with Crippen LogP contribution in [-0.2, 0) is 16.0 Å². The van der Waals surface area contributed by atoms with E-state index < -0.39 is 0 Å². The number of benzene rings is 2. The molecule has 23 heavy (non-hydrogen) atoms. The molecule has 0 aliphatic carbocycles. The van der Waals surface area contributed by atoms with Gasteiger partial charge in [-0.15, -0.1) is 0 Å². The van der Waals surface area contributed by atoms with Crippen LogP contribution >= 0.6 is 0 Å². The molecule has 1 heterocycles. The lowest BCUT2D eigenvalue weighted by molar-refractivity contribution is -0.134. The number of hydrogen-bond acceptors (Lipinski definition) is 3. The molecule has 0 atom stereocenters. The maximum atomic E-state index is 11.3. The third-order valence-corrected chi connectivity index (χ3v) is 4.42. The number of anilines is 1. The van der Waals surface area contributed by atoms with Gasteiger partial charge < -0.3 is 9.64 Å². The van der Waals surface area contributed by atoms with Crippen LogP contribution in [0, 0.1) is 0 Å². The Labute approximate surface area is 137 Å². The van der Waals surface area contributed by atoms with Crippen molar-refractivity contribution in [2.45, 2.75) is 13.3 Å². The lowest BCUT2D eigenvalue weighted by atomic mass is 9.99. The van der Waals surface area contributed by atoms with E-state index in [-0.39, 0.29) is 5.97 Å². The molecule has 0 bridgehead atoms. The topological polar surface area (TPSA) is 29.5 Å². The molecular formula is C20H21NO2. The van der Waals surface area contributed by atoms with Crippen molar-refractivity contribution < 1.29 is 9.53 Å². The lowest BCUT2D eigenvalue weighted by Gasteiger charge is -2.12. The van der Waals surface area contributed by atoms with Crippen LogP contribution in [0.3, 0.4) is 0 Å². The van der Waals surface area contributed by atoms with Crippen LogP contribution in [0.2, 0.25) is 0 Å². The number of hydrogen-bond donors (Lipinski definition) is 0. The van der Waals surface area contributed by atoms with Gasteiger partial charge in [-0.2, -0.15) is 0 Å². The van der Waals surface area contributed by atoms with Crippen LogP contribution in [0.4, 0.5) is 5.69 Å². The molecule has 2 aromatic rings. The second kappa shape index (κ2) is 6.29. The molecule has 1 aliphatic heterocycles. The van der Waals surface area contributed by atoms with E-state index in [1.807, 2.05) is 19.1 Å². The van der Waals surface area contributed by atoms with Crippen molar-refractivity contribution in [3.8, 4) is 11.1 Å². The SMILES string of the molecule is COC(=O)/C=C(\C)c1ccc(-c2ccc3c(c2)CCN3C)cc1. The molecule has 3 nitrogen and oxygen atoms in total. The average molecular weight is 307 g/mol. The number of rotatable bonds is 3. The lowest BCUT2D eigenvalue weighted by Crippen LogP contribution is -2.12. The molecule has 2 aromatic carbocycles. The van der Waals surface area contributed by atoms with Gasteiger partial charge in [0, 0.05) is 25.4 Å². The smallest absolute Gasteiger partial charge is 0.330 e. The Kier molecular flexibility index (Phi) is 4.20. The molecule has 0 amide bonds. The summed E-state index contributed by atoms with van der Waals surface area (Å²) in [5, 5.41) is 0. The summed E-state index contributed by atoms with van der Waals surface area (Å²) in [5.74, 6) is -0.325. The zero-order valence-corrected chi connectivity index (χ0v) is 13.8. The summed E-state index contributed by atoms with van der Waals surface area (Å²) in [6.07, 6.45) is 2.62. The van der Waals surface area contributed by atoms with Gasteiger partial charge in [-0.05, 0) is 53.3 Å². The standard InChI is InChI=1S/C20H21NO2/c1-14(12-20(22)23-3)15-4-6-16(7-5-15)17-8-9-19-18(13-17)10-11-21(19)2/h4-9,12-13H,10-11H2,1-3H3/b14-12+. The Morgan fingerprint density at radius 1 is 1.13 bits per heavy atom. The summed E-state index contributed by atoms with van der Waals surface area (Å²) in [7, 11) is 3.53. The van der Waals surface area contributed by atoms with Crippen molar-refractivity contribution >= 4 is 17.2 Å². The van der Waals surface area contributed by atoms with Gasteiger partial charge >= 0.3 is 5.97 Å². The van der Waals surface area contributed by atoms with Crippen molar-refractivity contribution in [3.63, 3.8) is 0 Å². The van der Waals surface area contributed by atoms with Crippen molar-refractivity contribution in [1.82, 2.24) is 0 Å². The van der Waals surface area contributed by atoms with Crippen LogP contribution in [0.25, 0.3) is 16.7 Å². The van der Waals surface area contributed by atoms with Crippen molar-refractivity contribution in [3.05, 3.63) is 59.7 Å². The van der Waals surface area contributed by atoms with E-state index in [1.54, 1.807) is 0 Å². The molecule has 3 heteroatoms. The van der Waals surface area contributed by atoms with Gasteiger partial charge in [-0.25, -0.2) is 4.79 Å². The van der Waals surface area contributed by atoms with E-state index in [2.05, 4.69) is 47.0 Å². The molecule has 0 spiro atoms. The molecule has 118 valence electrons. The number of methoxy groups -OCH3 is 1. The van der Waals surface area contributed by atoms with Gasteiger partial charge in [-0.1, -0.05) is 30.3 Å². The van der Waals surface area contributed by atoms with Gasteiger partial charge in [0.1, 0.15) is 0 Å². The molecular weight excluding hydrogens is 286 g/mol. The molecule has 0 unspecified atom stereocenters. The molecule has 3 rings (SSSR count). The fourth-order valence-corrected chi connectivity index (χ4v) is 2.99. The first-order valence-electron chi connectivity index (χ1n) is 7.79. The minimum Gasteiger partial charge on any atom is -0.466 e. The number of carbonyl (C=O) groups is 1. The van der Waals surface area contributed by atoms with Gasteiger partial charge in [0.2, 0.25) is 0 Å². The highest BCUT2D eigenvalue weighted by Gasteiger charge is 2.15. The van der Waals surface area contributed by atoms with Crippen molar-refractivity contribution in [2.75, 3.05) is 25.6 Å². The predicted molar refractivity (Wildman–Crippen MR) is 94.5 cm³/mol. The number of likely N-dealkylation sites (N-methyl/N-ethyl adjacent to an activating group) is 1. The summed E-state index contributed by atoms with van der Waals surface area (Å²) in [4.78, 5) is 13.6. The Hall–Kier alpha value is -2.55. The number of nitrogens with zero attached hydrogens (tertiary/aromatic N) is 1. The minimum atomic E-state index is -0.325. The zero-order chi connectivity index (χ0) is 16.4. The molecule has 1 aliphatic rings. The molecule has 0 N–H and O–H groups in total. The highest BCUT2D eigenvalue weighted by Crippen LogP contribution is 2.31. The summed E-state index contributed by atoms with van der Waals surface area (Å²) < 4.78 is 4.67. The fourth-order valence-electron chi connectivity index (χ4n) is 2.99.